The zero-order chi connectivity index (χ0) is 31.5. The fourth-order valence-electron chi connectivity index (χ4n) is 5.23. The van der Waals surface area contributed by atoms with Crippen molar-refractivity contribution in [2.75, 3.05) is 0 Å². The van der Waals surface area contributed by atoms with Crippen LogP contribution in [0.3, 0.4) is 0 Å². The summed E-state index contributed by atoms with van der Waals surface area (Å²) < 4.78 is 10.7. The largest absolute Gasteiger partial charge is 0.425 e. The molecule has 4 nitrogen and oxygen atoms in total. The number of carbonyl (C=O) groups is 2. The van der Waals surface area contributed by atoms with Gasteiger partial charge in [0.25, 0.3) is 0 Å². The molecule has 0 saturated carbocycles. The minimum atomic E-state index is -0.855. The summed E-state index contributed by atoms with van der Waals surface area (Å²) in [5.74, 6) is -0.583. The molecular weight excluding hydrogens is 532 g/mol. The highest BCUT2D eigenvalue weighted by Gasteiger charge is 2.16. The second kappa shape index (κ2) is 34.9. The summed E-state index contributed by atoms with van der Waals surface area (Å²) in [5, 5.41) is 0. The van der Waals surface area contributed by atoms with Crippen molar-refractivity contribution in [1.82, 2.24) is 0 Å². The lowest BCUT2D eigenvalue weighted by atomic mass is 10.1. The van der Waals surface area contributed by atoms with Crippen molar-refractivity contribution >= 4 is 11.9 Å². The lowest BCUT2D eigenvalue weighted by molar-refractivity contribution is -0.187. The number of carbonyl (C=O) groups excluding carboxylic acids is 2. The number of rotatable bonds is 33. The van der Waals surface area contributed by atoms with E-state index < -0.39 is 6.29 Å². The molecule has 0 rings (SSSR count). The van der Waals surface area contributed by atoms with Crippen LogP contribution in [-0.4, -0.2) is 18.2 Å². The monoisotopic (exact) mass is 604 g/mol. The van der Waals surface area contributed by atoms with Gasteiger partial charge < -0.3 is 9.47 Å². The van der Waals surface area contributed by atoms with Gasteiger partial charge in [0.15, 0.2) is 0 Å². The molecule has 0 atom stereocenters. The number of esters is 2. The van der Waals surface area contributed by atoms with Crippen LogP contribution < -0.4 is 0 Å². The molecule has 0 aromatic heterocycles. The molecule has 251 valence electrons. The van der Waals surface area contributed by atoms with Crippen molar-refractivity contribution in [2.24, 2.45) is 0 Å². The van der Waals surface area contributed by atoms with Crippen LogP contribution in [-0.2, 0) is 19.1 Å². The van der Waals surface area contributed by atoms with Crippen LogP contribution >= 0.6 is 0 Å². The van der Waals surface area contributed by atoms with Gasteiger partial charge in [0.2, 0.25) is 6.29 Å². The molecule has 0 fully saturated rings. The van der Waals surface area contributed by atoms with Gasteiger partial charge in [0, 0.05) is 19.3 Å². The highest BCUT2D eigenvalue weighted by atomic mass is 16.7. The quantitative estimate of drug-likeness (QED) is 0.0324. The summed E-state index contributed by atoms with van der Waals surface area (Å²) in [6, 6.07) is 0. The third-order valence-electron chi connectivity index (χ3n) is 8.05. The van der Waals surface area contributed by atoms with Crippen LogP contribution in [0.5, 0.6) is 0 Å². The number of hydrogen-bond acceptors (Lipinski definition) is 4. The van der Waals surface area contributed by atoms with Gasteiger partial charge >= 0.3 is 11.9 Å². The van der Waals surface area contributed by atoms with E-state index in [4.69, 9.17) is 9.47 Å². The zero-order valence-corrected chi connectivity index (χ0v) is 28.7. The van der Waals surface area contributed by atoms with Crippen molar-refractivity contribution in [1.29, 1.82) is 0 Å². The minimum Gasteiger partial charge on any atom is -0.425 e. The lowest BCUT2D eigenvalue weighted by Gasteiger charge is -2.16. The third kappa shape index (κ3) is 33.2. The summed E-state index contributed by atoms with van der Waals surface area (Å²) in [7, 11) is 0. The molecule has 0 heterocycles. The van der Waals surface area contributed by atoms with E-state index in [0.29, 0.717) is 12.8 Å². The molecule has 0 aliphatic carbocycles. The number of ether oxygens (including phenoxy) is 2. The highest BCUT2D eigenvalue weighted by Crippen LogP contribution is 2.14. The van der Waals surface area contributed by atoms with E-state index in [1.54, 1.807) is 0 Å². The first kappa shape index (κ1) is 41.4. The van der Waals surface area contributed by atoms with Gasteiger partial charge in [0.1, 0.15) is 0 Å². The fourth-order valence-corrected chi connectivity index (χ4v) is 5.23. The van der Waals surface area contributed by atoms with E-state index in [1.165, 1.54) is 116 Å². The molecule has 0 bridgehead atoms. The zero-order valence-electron chi connectivity index (χ0n) is 28.7. The summed E-state index contributed by atoms with van der Waals surface area (Å²) in [6.07, 6.45) is 41.4. The average Bonchev–Trinajstić information content (AvgIpc) is 3.00. The SMILES string of the molecule is [CH2]CC(OC(=O)CCCCCCC/C=C\CCCCCCCC)OC(=O)CCCCCCC/C=C\CCCCCCCC. The van der Waals surface area contributed by atoms with Gasteiger partial charge in [-0.15, -0.1) is 0 Å². The smallest absolute Gasteiger partial charge is 0.308 e. The van der Waals surface area contributed by atoms with Gasteiger partial charge in [-0.1, -0.05) is 141 Å². The number of hydrogen-bond donors (Lipinski definition) is 0. The van der Waals surface area contributed by atoms with E-state index in [0.717, 1.165) is 51.4 Å². The standard InChI is InChI=1S/C39H71O4/c1-4-7-9-11-13-15-17-19-21-23-25-27-29-31-33-35-37(40)42-39(6-3)43-38(41)36-34-32-30-28-26-24-22-20-18-16-14-12-10-8-5-2/h19-22,39H,3-18,23-36H2,1-2H3/b21-19-,22-20-. The van der Waals surface area contributed by atoms with Crippen LogP contribution in [0.25, 0.3) is 0 Å². The predicted molar refractivity (Wildman–Crippen MR) is 185 cm³/mol. The Morgan fingerprint density at radius 3 is 1.05 bits per heavy atom. The van der Waals surface area contributed by atoms with Crippen LogP contribution in [0.2, 0.25) is 0 Å². The summed E-state index contributed by atoms with van der Waals surface area (Å²) in [6.45, 7) is 8.30. The topological polar surface area (TPSA) is 52.6 Å². The van der Waals surface area contributed by atoms with Crippen LogP contribution in [0.4, 0.5) is 0 Å². The summed E-state index contributed by atoms with van der Waals surface area (Å²) in [4.78, 5) is 24.4. The van der Waals surface area contributed by atoms with Gasteiger partial charge in [-0.05, 0) is 71.1 Å². The molecule has 0 aromatic rings. The van der Waals surface area contributed by atoms with Crippen molar-refractivity contribution in [3.63, 3.8) is 0 Å². The molecule has 0 aliphatic heterocycles. The first-order chi connectivity index (χ1) is 21.1. The van der Waals surface area contributed by atoms with Crippen LogP contribution in [0, 0.1) is 6.92 Å². The minimum absolute atomic E-state index is 0.246. The van der Waals surface area contributed by atoms with Gasteiger partial charge in [0.05, 0.1) is 0 Å². The molecule has 1 radical (unpaired) electrons. The summed E-state index contributed by atoms with van der Waals surface area (Å²) >= 11 is 0. The Morgan fingerprint density at radius 2 is 0.744 bits per heavy atom. The first-order valence-corrected chi connectivity index (χ1v) is 18.6. The van der Waals surface area contributed by atoms with Crippen molar-refractivity contribution in [2.45, 2.75) is 206 Å². The van der Waals surface area contributed by atoms with Crippen molar-refractivity contribution in [3.05, 3.63) is 31.2 Å². The average molecular weight is 604 g/mol. The van der Waals surface area contributed by atoms with Crippen LogP contribution in [0.1, 0.15) is 200 Å². The van der Waals surface area contributed by atoms with Crippen LogP contribution in [0.15, 0.2) is 24.3 Å². The second-order valence-corrected chi connectivity index (χ2v) is 12.4. The molecule has 4 heteroatoms. The Kier molecular flexibility index (Phi) is 33.6. The lowest BCUT2D eigenvalue weighted by Crippen LogP contribution is -2.24. The van der Waals surface area contributed by atoms with E-state index in [9.17, 15) is 9.59 Å². The van der Waals surface area contributed by atoms with E-state index in [1.807, 2.05) is 0 Å². The molecule has 0 amide bonds. The van der Waals surface area contributed by atoms with Gasteiger partial charge in [-0.2, -0.15) is 0 Å². The Balaban J connectivity index is 3.59. The Bertz CT molecular complexity index is 600. The second-order valence-electron chi connectivity index (χ2n) is 12.4. The van der Waals surface area contributed by atoms with E-state index in [-0.39, 0.29) is 18.4 Å². The Morgan fingerprint density at radius 1 is 0.465 bits per heavy atom. The first-order valence-electron chi connectivity index (χ1n) is 18.6. The predicted octanol–water partition coefficient (Wildman–Crippen LogP) is 12.7. The summed E-state index contributed by atoms with van der Waals surface area (Å²) in [5.41, 5.74) is 0. The molecule has 0 unspecified atom stereocenters. The fraction of sp³-hybridized carbons (Fsp3) is 0.821. The molecule has 0 N–H and O–H groups in total. The normalized spacial score (nSPS) is 11.7. The molecule has 43 heavy (non-hydrogen) atoms. The van der Waals surface area contributed by atoms with Gasteiger partial charge in [-0.25, -0.2) is 0 Å². The number of allylic oxidation sites excluding steroid dienone is 4. The Hall–Kier alpha value is -1.58. The number of unbranched alkanes of at least 4 members (excludes halogenated alkanes) is 22. The van der Waals surface area contributed by atoms with Gasteiger partial charge in [-0.3, -0.25) is 9.59 Å². The maximum Gasteiger partial charge on any atom is 0.308 e. The molecule has 0 saturated heterocycles. The molecular formula is C39H71O4. The Labute approximate surface area is 268 Å². The van der Waals surface area contributed by atoms with E-state index in [2.05, 4.69) is 45.1 Å². The maximum atomic E-state index is 12.2. The third-order valence-corrected chi connectivity index (χ3v) is 8.05. The van der Waals surface area contributed by atoms with E-state index >= 15 is 0 Å². The molecule has 0 spiro atoms. The molecule has 0 aromatic carbocycles. The highest BCUT2D eigenvalue weighted by molar-refractivity contribution is 5.71. The molecule has 0 aliphatic rings. The maximum absolute atomic E-state index is 12.2. The van der Waals surface area contributed by atoms with Crippen molar-refractivity contribution < 1.29 is 19.1 Å². The van der Waals surface area contributed by atoms with Crippen molar-refractivity contribution in [3.8, 4) is 0 Å².